The van der Waals surface area contributed by atoms with Gasteiger partial charge in [-0.2, -0.15) is 0 Å². The van der Waals surface area contributed by atoms with Gasteiger partial charge in [0.05, 0.1) is 12.8 Å². The topological polar surface area (TPSA) is 38.3 Å². The molecular weight excluding hydrogens is 274 g/mol. The van der Waals surface area contributed by atoms with Gasteiger partial charge in [0, 0.05) is 11.1 Å². The molecule has 2 aromatic rings. The minimum atomic E-state index is -0.227. The maximum Gasteiger partial charge on any atom is 0.248 e. The Morgan fingerprint density at radius 3 is 2.75 bits per heavy atom. The van der Waals surface area contributed by atoms with E-state index in [9.17, 15) is 4.79 Å². The van der Waals surface area contributed by atoms with Gasteiger partial charge in [-0.15, -0.1) is 0 Å². The molecule has 1 N–H and O–H groups in total. The third kappa shape index (κ3) is 3.87. The van der Waals surface area contributed by atoms with Gasteiger partial charge < -0.3 is 10.1 Å². The third-order valence-corrected chi connectivity index (χ3v) is 2.88. The van der Waals surface area contributed by atoms with Gasteiger partial charge in [0.2, 0.25) is 5.91 Å². The lowest BCUT2D eigenvalue weighted by molar-refractivity contribution is -0.111. The third-order valence-electron chi connectivity index (χ3n) is 2.64. The number of rotatable bonds is 4. The lowest BCUT2D eigenvalue weighted by atomic mass is 10.2. The van der Waals surface area contributed by atoms with E-state index in [0.29, 0.717) is 16.5 Å². The Labute approximate surface area is 122 Å². The highest BCUT2D eigenvalue weighted by Gasteiger charge is 2.03. The highest BCUT2D eigenvalue weighted by atomic mass is 35.5. The Morgan fingerprint density at radius 2 is 2.00 bits per heavy atom. The number of hydrogen-bond acceptors (Lipinski definition) is 2. The molecule has 0 atom stereocenters. The molecule has 0 aliphatic carbocycles. The number of hydrogen-bond donors (Lipinski definition) is 1. The van der Waals surface area contributed by atoms with Crippen LogP contribution in [-0.2, 0) is 4.79 Å². The molecule has 0 saturated heterocycles. The summed E-state index contributed by atoms with van der Waals surface area (Å²) in [5.41, 5.74) is 1.50. The van der Waals surface area contributed by atoms with Crippen molar-refractivity contribution < 1.29 is 9.53 Å². The summed E-state index contributed by atoms with van der Waals surface area (Å²) < 4.78 is 5.17. The van der Waals surface area contributed by atoms with E-state index in [-0.39, 0.29) is 5.91 Å². The first-order valence-corrected chi connectivity index (χ1v) is 6.44. The first-order valence-electron chi connectivity index (χ1n) is 6.06. The summed E-state index contributed by atoms with van der Waals surface area (Å²) in [5.74, 6) is 0.395. The number of para-hydroxylation sites is 2. The summed E-state index contributed by atoms with van der Waals surface area (Å²) >= 11 is 5.88. The van der Waals surface area contributed by atoms with Crippen LogP contribution in [0.3, 0.4) is 0 Å². The molecule has 0 aliphatic rings. The molecule has 0 saturated carbocycles. The van der Waals surface area contributed by atoms with Crippen LogP contribution < -0.4 is 10.1 Å². The molecule has 102 valence electrons. The summed E-state index contributed by atoms with van der Waals surface area (Å²) in [7, 11) is 1.56. The lowest BCUT2D eigenvalue weighted by Gasteiger charge is -2.07. The van der Waals surface area contributed by atoms with Crippen molar-refractivity contribution in [3.05, 3.63) is 65.2 Å². The van der Waals surface area contributed by atoms with Crippen molar-refractivity contribution in [2.75, 3.05) is 12.4 Å². The number of nitrogens with one attached hydrogen (secondary N) is 1. The Hall–Kier alpha value is -2.26. The zero-order valence-electron chi connectivity index (χ0n) is 11.0. The minimum Gasteiger partial charge on any atom is -0.495 e. The number of ether oxygens (including phenoxy) is 1. The standard InChI is InChI=1S/C16H14ClNO2/c1-20-15-8-3-2-7-14(15)18-16(19)10-9-12-5-4-6-13(17)11-12/h2-11H,1H3,(H,18,19). The molecule has 0 heterocycles. The molecule has 1 amide bonds. The van der Waals surface area contributed by atoms with Gasteiger partial charge in [0.25, 0.3) is 0 Å². The van der Waals surface area contributed by atoms with Crippen LogP contribution in [0.25, 0.3) is 6.08 Å². The quantitative estimate of drug-likeness (QED) is 0.863. The molecule has 0 spiro atoms. The van der Waals surface area contributed by atoms with Gasteiger partial charge in [-0.05, 0) is 35.9 Å². The van der Waals surface area contributed by atoms with E-state index < -0.39 is 0 Å². The number of benzene rings is 2. The van der Waals surface area contributed by atoms with Gasteiger partial charge in [-0.25, -0.2) is 0 Å². The van der Waals surface area contributed by atoms with Crippen LogP contribution in [0.2, 0.25) is 5.02 Å². The Balaban J connectivity index is 2.06. The predicted molar refractivity (Wildman–Crippen MR) is 82.1 cm³/mol. The Kier molecular flexibility index (Phi) is 4.80. The summed E-state index contributed by atoms with van der Waals surface area (Å²) in [5, 5.41) is 3.40. The molecule has 0 fully saturated rings. The van der Waals surface area contributed by atoms with Gasteiger partial charge in [0.15, 0.2) is 0 Å². The summed E-state index contributed by atoms with van der Waals surface area (Å²) in [6.45, 7) is 0. The first-order chi connectivity index (χ1) is 9.69. The highest BCUT2D eigenvalue weighted by molar-refractivity contribution is 6.30. The average Bonchev–Trinajstić information content (AvgIpc) is 2.46. The first kappa shape index (κ1) is 14.2. The molecule has 2 rings (SSSR count). The van der Waals surface area contributed by atoms with Crippen LogP contribution in [0.15, 0.2) is 54.6 Å². The normalized spacial score (nSPS) is 10.5. The molecule has 0 unspecified atom stereocenters. The predicted octanol–water partition coefficient (Wildman–Crippen LogP) is 4.00. The minimum absolute atomic E-state index is 0.227. The van der Waals surface area contributed by atoms with Crippen LogP contribution >= 0.6 is 11.6 Å². The van der Waals surface area contributed by atoms with Crippen molar-refractivity contribution in [3.8, 4) is 5.75 Å². The fourth-order valence-corrected chi connectivity index (χ4v) is 1.90. The summed E-state index contributed by atoms with van der Waals surface area (Å²) in [6.07, 6.45) is 3.16. The van der Waals surface area contributed by atoms with E-state index in [1.54, 1.807) is 37.5 Å². The van der Waals surface area contributed by atoms with Crippen LogP contribution in [0.1, 0.15) is 5.56 Å². The summed E-state index contributed by atoms with van der Waals surface area (Å²) in [4.78, 5) is 11.9. The monoisotopic (exact) mass is 287 g/mol. The van der Waals surface area contributed by atoms with E-state index in [2.05, 4.69) is 5.32 Å². The average molecular weight is 288 g/mol. The van der Waals surface area contributed by atoms with Gasteiger partial charge >= 0.3 is 0 Å². The molecule has 2 aromatic carbocycles. The lowest BCUT2D eigenvalue weighted by Crippen LogP contribution is -2.08. The molecular formula is C16H14ClNO2. The highest BCUT2D eigenvalue weighted by Crippen LogP contribution is 2.23. The Morgan fingerprint density at radius 1 is 1.20 bits per heavy atom. The second-order valence-electron chi connectivity index (χ2n) is 4.08. The van der Waals surface area contributed by atoms with Gasteiger partial charge in [0.1, 0.15) is 5.75 Å². The van der Waals surface area contributed by atoms with Crippen LogP contribution in [0.5, 0.6) is 5.75 Å². The van der Waals surface area contributed by atoms with Crippen molar-refractivity contribution in [1.29, 1.82) is 0 Å². The zero-order chi connectivity index (χ0) is 14.4. The number of amides is 1. The fourth-order valence-electron chi connectivity index (χ4n) is 1.70. The van der Waals surface area contributed by atoms with Crippen molar-refractivity contribution >= 4 is 29.3 Å². The SMILES string of the molecule is COc1ccccc1NC(=O)C=Cc1cccc(Cl)c1. The zero-order valence-corrected chi connectivity index (χ0v) is 11.7. The van der Waals surface area contributed by atoms with E-state index >= 15 is 0 Å². The molecule has 20 heavy (non-hydrogen) atoms. The molecule has 0 aliphatic heterocycles. The van der Waals surface area contributed by atoms with E-state index in [1.807, 2.05) is 24.3 Å². The van der Waals surface area contributed by atoms with E-state index in [0.717, 1.165) is 5.56 Å². The fraction of sp³-hybridized carbons (Fsp3) is 0.0625. The van der Waals surface area contributed by atoms with Crippen LogP contribution in [-0.4, -0.2) is 13.0 Å². The number of carbonyl (C=O) groups is 1. The van der Waals surface area contributed by atoms with Crippen molar-refractivity contribution in [1.82, 2.24) is 0 Å². The summed E-state index contributed by atoms with van der Waals surface area (Å²) in [6, 6.07) is 14.5. The van der Waals surface area contributed by atoms with Gasteiger partial charge in [-0.1, -0.05) is 35.9 Å². The van der Waals surface area contributed by atoms with Crippen molar-refractivity contribution in [3.63, 3.8) is 0 Å². The van der Waals surface area contributed by atoms with Crippen molar-refractivity contribution in [2.24, 2.45) is 0 Å². The number of halogens is 1. The van der Waals surface area contributed by atoms with Crippen molar-refractivity contribution in [2.45, 2.75) is 0 Å². The van der Waals surface area contributed by atoms with Gasteiger partial charge in [-0.3, -0.25) is 4.79 Å². The van der Waals surface area contributed by atoms with E-state index in [1.165, 1.54) is 6.08 Å². The van der Waals surface area contributed by atoms with Crippen LogP contribution in [0.4, 0.5) is 5.69 Å². The number of methoxy groups -OCH3 is 1. The molecule has 0 radical (unpaired) electrons. The smallest absolute Gasteiger partial charge is 0.248 e. The van der Waals surface area contributed by atoms with Crippen LogP contribution in [0, 0.1) is 0 Å². The molecule has 0 aromatic heterocycles. The molecule has 3 nitrogen and oxygen atoms in total. The maximum absolute atomic E-state index is 11.9. The molecule has 0 bridgehead atoms. The second-order valence-corrected chi connectivity index (χ2v) is 4.51. The second kappa shape index (κ2) is 6.78. The molecule has 4 heteroatoms. The number of carbonyl (C=O) groups excluding carboxylic acids is 1. The van der Waals surface area contributed by atoms with E-state index in [4.69, 9.17) is 16.3 Å². The largest absolute Gasteiger partial charge is 0.495 e. The maximum atomic E-state index is 11.9. The Bertz CT molecular complexity index is 638. The number of anilines is 1.